The van der Waals surface area contributed by atoms with E-state index in [-0.39, 0.29) is 18.4 Å². The van der Waals surface area contributed by atoms with Gasteiger partial charge < -0.3 is 15.0 Å². The van der Waals surface area contributed by atoms with Crippen LogP contribution in [0.1, 0.15) is 47.7 Å². The molecule has 0 spiro atoms. The Morgan fingerprint density at radius 3 is 2.52 bits per heavy atom. The summed E-state index contributed by atoms with van der Waals surface area (Å²) in [6.45, 7) is 4.76. The molecule has 3 aromatic rings. The molecular formula is C26H26N2O3. The predicted molar refractivity (Wildman–Crippen MR) is 123 cm³/mol. The smallest absolute Gasteiger partial charge is 0.265 e. The molecule has 5 nitrogen and oxygen atoms in total. The molecule has 0 radical (unpaired) electrons. The minimum Gasteiger partial charge on any atom is -0.482 e. The first-order valence-electron chi connectivity index (χ1n) is 10.6. The number of anilines is 2. The van der Waals surface area contributed by atoms with Crippen LogP contribution in [-0.2, 0) is 11.3 Å². The van der Waals surface area contributed by atoms with Crippen molar-refractivity contribution < 1.29 is 14.3 Å². The maximum absolute atomic E-state index is 12.8. The summed E-state index contributed by atoms with van der Waals surface area (Å²) in [7, 11) is 0. The fourth-order valence-corrected chi connectivity index (χ4v) is 3.73. The highest BCUT2D eigenvalue weighted by Crippen LogP contribution is 2.32. The van der Waals surface area contributed by atoms with Gasteiger partial charge in [-0.2, -0.15) is 0 Å². The quantitative estimate of drug-likeness (QED) is 0.589. The van der Waals surface area contributed by atoms with Crippen molar-refractivity contribution in [2.75, 3.05) is 16.8 Å². The first kappa shape index (κ1) is 20.7. The highest BCUT2D eigenvalue weighted by atomic mass is 16.5. The molecule has 3 aromatic carbocycles. The van der Waals surface area contributed by atoms with Crippen LogP contribution in [0.2, 0.25) is 0 Å². The second kappa shape index (κ2) is 9.04. The minimum atomic E-state index is -0.143. The fraction of sp³-hybridized carbons (Fsp3) is 0.231. The van der Waals surface area contributed by atoms with Crippen LogP contribution in [0.4, 0.5) is 11.4 Å². The number of carbonyl (C=O) groups is 2. The molecule has 0 aliphatic carbocycles. The van der Waals surface area contributed by atoms with Crippen molar-refractivity contribution in [1.29, 1.82) is 0 Å². The van der Waals surface area contributed by atoms with E-state index < -0.39 is 0 Å². The SMILES string of the molecule is CCC(C)c1ccccc1NC(=O)c1ccc(CN2C(=O)COc3ccccc32)cc1. The van der Waals surface area contributed by atoms with Crippen LogP contribution in [-0.4, -0.2) is 18.4 Å². The van der Waals surface area contributed by atoms with Crippen LogP contribution in [0.15, 0.2) is 72.8 Å². The zero-order chi connectivity index (χ0) is 21.8. The predicted octanol–water partition coefficient (Wildman–Crippen LogP) is 5.38. The summed E-state index contributed by atoms with van der Waals surface area (Å²) in [5.74, 6) is 0.850. The highest BCUT2D eigenvalue weighted by molar-refractivity contribution is 6.04. The summed E-state index contributed by atoms with van der Waals surface area (Å²) in [5, 5.41) is 3.04. The topological polar surface area (TPSA) is 58.6 Å². The molecule has 158 valence electrons. The van der Waals surface area contributed by atoms with Crippen LogP contribution in [0.5, 0.6) is 5.75 Å². The van der Waals surface area contributed by atoms with Gasteiger partial charge in [0, 0.05) is 11.3 Å². The summed E-state index contributed by atoms with van der Waals surface area (Å²) in [4.78, 5) is 26.9. The van der Waals surface area contributed by atoms with E-state index in [4.69, 9.17) is 4.74 Å². The molecule has 1 aliphatic rings. The Kier molecular flexibility index (Phi) is 6.03. The molecule has 0 aromatic heterocycles. The fourth-order valence-electron chi connectivity index (χ4n) is 3.73. The maximum atomic E-state index is 12.8. The van der Waals surface area contributed by atoms with Crippen molar-refractivity contribution in [1.82, 2.24) is 0 Å². The van der Waals surface area contributed by atoms with E-state index in [0.29, 0.717) is 23.8 Å². The number of fused-ring (bicyclic) bond motifs is 1. The number of nitrogens with one attached hydrogen (secondary N) is 1. The van der Waals surface area contributed by atoms with Gasteiger partial charge in [-0.15, -0.1) is 0 Å². The molecule has 0 fully saturated rings. The van der Waals surface area contributed by atoms with Gasteiger partial charge in [0.05, 0.1) is 12.2 Å². The number of nitrogens with zero attached hydrogens (tertiary/aromatic N) is 1. The lowest BCUT2D eigenvalue weighted by atomic mass is 9.96. The van der Waals surface area contributed by atoms with Crippen LogP contribution >= 0.6 is 0 Å². The number of hydrogen-bond acceptors (Lipinski definition) is 3. The number of hydrogen-bond donors (Lipinski definition) is 1. The van der Waals surface area contributed by atoms with E-state index in [2.05, 4.69) is 25.2 Å². The van der Waals surface area contributed by atoms with Gasteiger partial charge in [0.1, 0.15) is 5.75 Å². The van der Waals surface area contributed by atoms with E-state index in [1.54, 1.807) is 17.0 Å². The summed E-state index contributed by atoms with van der Waals surface area (Å²) in [5.41, 5.74) is 4.28. The molecule has 0 bridgehead atoms. The van der Waals surface area contributed by atoms with Gasteiger partial charge in [-0.05, 0) is 53.8 Å². The second-order valence-electron chi connectivity index (χ2n) is 7.78. The van der Waals surface area contributed by atoms with Crippen LogP contribution < -0.4 is 15.0 Å². The van der Waals surface area contributed by atoms with E-state index >= 15 is 0 Å². The summed E-state index contributed by atoms with van der Waals surface area (Å²) >= 11 is 0. The van der Waals surface area contributed by atoms with Crippen LogP contribution in [0, 0.1) is 0 Å². The van der Waals surface area contributed by atoms with Gasteiger partial charge in [-0.3, -0.25) is 9.59 Å². The average Bonchev–Trinajstić information content (AvgIpc) is 2.81. The maximum Gasteiger partial charge on any atom is 0.265 e. The zero-order valence-electron chi connectivity index (χ0n) is 17.8. The van der Waals surface area contributed by atoms with Gasteiger partial charge >= 0.3 is 0 Å². The number of rotatable bonds is 6. The average molecular weight is 415 g/mol. The molecule has 4 rings (SSSR count). The Morgan fingerprint density at radius 2 is 1.74 bits per heavy atom. The summed E-state index contributed by atoms with van der Waals surface area (Å²) < 4.78 is 5.50. The first-order valence-corrected chi connectivity index (χ1v) is 10.6. The molecule has 1 atom stereocenters. The molecule has 1 N–H and O–H groups in total. The summed E-state index contributed by atoms with van der Waals surface area (Å²) in [6.07, 6.45) is 1.00. The van der Waals surface area contributed by atoms with Crippen molar-refractivity contribution in [3.8, 4) is 5.75 Å². The minimum absolute atomic E-state index is 0.0348. The lowest BCUT2D eigenvalue weighted by Crippen LogP contribution is -2.38. The Morgan fingerprint density at radius 1 is 1.03 bits per heavy atom. The van der Waals surface area contributed by atoms with Crippen molar-refractivity contribution >= 4 is 23.2 Å². The molecule has 0 saturated heterocycles. The molecular weight excluding hydrogens is 388 g/mol. The van der Waals surface area contributed by atoms with Gasteiger partial charge in [0.25, 0.3) is 11.8 Å². The summed E-state index contributed by atoms with van der Waals surface area (Å²) in [6, 6.07) is 22.8. The van der Waals surface area contributed by atoms with Gasteiger partial charge in [0.2, 0.25) is 0 Å². The Balaban J connectivity index is 1.48. The monoisotopic (exact) mass is 414 g/mol. The van der Waals surface area contributed by atoms with Crippen molar-refractivity contribution in [3.05, 3.63) is 89.5 Å². The standard InChI is InChI=1S/C26H26N2O3/c1-3-18(2)21-8-4-5-9-22(21)27-26(30)20-14-12-19(13-15-20)16-28-23-10-6-7-11-24(23)31-17-25(28)29/h4-15,18H,3,16-17H2,1-2H3,(H,27,30). The van der Waals surface area contributed by atoms with E-state index in [1.165, 1.54) is 0 Å². The lowest BCUT2D eigenvalue weighted by Gasteiger charge is -2.29. The van der Waals surface area contributed by atoms with Crippen LogP contribution in [0.25, 0.3) is 0 Å². The third-order valence-electron chi connectivity index (χ3n) is 5.72. The highest BCUT2D eigenvalue weighted by Gasteiger charge is 2.25. The molecule has 1 heterocycles. The number of para-hydroxylation sites is 3. The second-order valence-corrected chi connectivity index (χ2v) is 7.78. The van der Waals surface area contributed by atoms with Crippen molar-refractivity contribution in [2.24, 2.45) is 0 Å². The lowest BCUT2D eigenvalue weighted by molar-refractivity contribution is -0.121. The number of benzene rings is 3. The van der Waals surface area contributed by atoms with E-state index in [0.717, 1.165) is 28.9 Å². The van der Waals surface area contributed by atoms with Crippen molar-refractivity contribution in [2.45, 2.75) is 32.7 Å². The van der Waals surface area contributed by atoms with Crippen LogP contribution in [0.3, 0.4) is 0 Å². The third-order valence-corrected chi connectivity index (χ3v) is 5.72. The molecule has 2 amide bonds. The normalized spacial score (nSPS) is 13.9. The molecule has 5 heteroatoms. The number of carbonyl (C=O) groups excluding carboxylic acids is 2. The Bertz CT molecular complexity index is 1090. The first-order chi connectivity index (χ1) is 15.1. The van der Waals surface area contributed by atoms with E-state index in [9.17, 15) is 9.59 Å². The number of ether oxygens (including phenoxy) is 1. The van der Waals surface area contributed by atoms with Gasteiger partial charge in [-0.25, -0.2) is 0 Å². The van der Waals surface area contributed by atoms with E-state index in [1.807, 2.05) is 54.6 Å². The zero-order valence-corrected chi connectivity index (χ0v) is 17.8. The Labute approximate surface area is 182 Å². The molecule has 1 aliphatic heterocycles. The largest absolute Gasteiger partial charge is 0.482 e. The van der Waals surface area contributed by atoms with Gasteiger partial charge in [0.15, 0.2) is 6.61 Å². The molecule has 1 unspecified atom stereocenters. The molecule has 31 heavy (non-hydrogen) atoms. The third kappa shape index (κ3) is 4.45. The Hall–Kier alpha value is -3.60. The molecule has 0 saturated carbocycles. The van der Waals surface area contributed by atoms with Gasteiger partial charge in [-0.1, -0.05) is 56.3 Å². The van der Waals surface area contributed by atoms with Crippen molar-refractivity contribution in [3.63, 3.8) is 0 Å². The number of amides is 2.